The lowest BCUT2D eigenvalue weighted by Crippen LogP contribution is -2.36. The van der Waals surface area contributed by atoms with Crippen molar-refractivity contribution in [1.29, 1.82) is 0 Å². The fourth-order valence-corrected chi connectivity index (χ4v) is 2.02. The summed E-state index contributed by atoms with van der Waals surface area (Å²) in [5, 5.41) is 5.21. The molecule has 5 nitrogen and oxygen atoms in total. The molecular formula is C17H18FN3O2. The molecule has 2 aromatic carbocycles. The largest absolute Gasteiger partial charge is 0.325 e. The van der Waals surface area contributed by atoms with Gasteiger partial charge in [0, 0.05) is 5.69 Å². The minimum atomic E-state index is -0.495. The number of nitrogens with zero attached hydrogens (tertiary/aromatic N) is 1. The van der Waals surface area contributed by atoms with E-state index in [9.17, 15) is 14.0 Å². The zero-order valence-corrected chi connectivity index (χ0v) is 12.8. The Bertz CT molecular complexity index is 677. The first-order valence-corrected chi connectivity index (χ1v) is 7.12. The molecule has 0 aromatic heterocycles. The molecule has 0 aliphatic rings. The third-order valence-electron chi connectivity index (χ3n) is 3.03. The lowest BCUT2D eigenvalue weighted by atomic mass is 10.3. The van der Waals surface area contributed by atoms with E-state index in [0.717, 1.165) is 0 Å². The van der Waals surface area contributed by atoms with Crippen molar-refractivity contribution >= 4 is 23.2 Å². The summed E-state index contributed by atoms with van der Waals surface area (Å²) in [6.45, 7) is 0.0378. The van der Waals surface area contributed by atoms with Gasteiger partial charge >= 0.3 is 0 Å². The molecule has 0 bridgehead atoms. The zero-order valence-electron chi connectivity index (χ0n) is 12.8. The van der Waals surface area contributed by atoms with Gasteiger partial charge in [0.25, 0.3) is 0 Å². The first kappa shape index (κ1) is 16.6. The monoisotopic (exact) mass is 315 g/mol. The van der Waals surface area contributed by atoms with Crippen LogP contribution in [-0.2, 0) is 9.59 Å². The second kappa shape index (κ2) is 8.05. The van der Waals surface area contributed by atoms with Gasteiger partial charge in [0.1, 0.15) is 5.82 Å². The number of amides is 2. The van der Waals surface area contributed by atoms with Gasteiger partial charge in [-0.15, -0.1) is 0 Å². The number of carbonyl (C=O) groups excluding carboxylic acids is 2. The molecule has 0 spiro atoms. The molecule has 2 N–H and O–H groups in total. The van der Waals surface area contributed by atoms with Crippen LogP contribution in [0.1, 0.15) is 0 Å². The van der Waals surface area contributed by atoms with Crippen LogP contribution >= 0.6 is 0 Å². The molecule has 2 aromatic rings. The molecule has 0 saturated heterocycles. The molecule has 0 radical (unpaired) electrons. The minimum absolute atomic E-state index is 0.0173. The predicted molar refractivity (Wildman–Crippen MR) is 87.6 cm³/mol. The third kappa shape index (κ3) is 5.52. The van der Waals surface area contributed by atoms with Crippen molar-refractivity contribution in [2.45, 2.75) is 0 Å². The fraction of sp³-hybridized carbons (Fsp3) is 0.176. The van der Waals surface area contributed by atoms with Crippen molar-refractivity contribution in [2.75, 3.05) is 30.8 Å². The highest BCUT2D eigenvalue weighted by molar-refractivity contribution is 5.94. The Labute approximate surface area is 134 Å². The predicted octanol–water partition coefficient (Wildman–Crippen LogP) is 2.33. The summed E-state index contributed by atoms with van der Waals surface area (Å²) in [7, 11) is 1.64. The van der Waals surface area contributed by atoms with Crippen molar-refractivity contribution in [2.24, 2.45) is 0 Å². The standard InChI is InChI=1S/C17H18FN3O2/c1-21(11-16(22)19-13-7-3-2-4-8-13)12-17(23)20-15-10-6-5-9-14(15)18/h2-10H,11-12H2,1H3,(H,19,22)(H,20,23). The van der Waals surface area contributed by atoms with E-state index < -0.39 is 5.82 Å². The van der Waals surface area contributed by atoms with E-state index in [2.05, 4.69) is 10.6 Å². The maximum Gasteiger partial charge on any atom is 0.238 e. The Hall–Kier alpha value is -2.73. The van der Waals surface area contributed by atoms with E-state index >= 15 is 0 Å². The van der Waals surface area contributed by atoms with Gasteiger partial charge in [-0.1, -0.05) is 30.3 Å². The summed E-state index contributed by atoms with van der Waals surface area (Å²) < 4.78 is 13.4. The highest BCUT2D eigenvalue weighted by atomic mass is 19.1. The molecule has 0 fully saturated rings. The molecule has 2 rings (SSSR count). The Morgan fingerprint density at radius 2 is 1.48 bits per heavy atom. The Kier molecular flexibility index (Phi) is 5.82. The van der Waals surface area contributed by atoms with Crippen LogP contribution < -0.4 is 10.6 Å². The topological polar surface area (TPSA) is 61.4 Å². The van der Waals surface area contributed by atoms with Crippen molar-refractivity contribution in [3.05, 3.63) is 60.4 Å². The number of nitrogens with one attached hydrogen (secondary N) is 2. The molecule has 0 unspecified atom stereocenters. The highest BCUT2D eigenvalue weighted by Crippen LogP contribution is 2.12. The summed E-state index contributed by atoms with van der Waals surface area (Å²) in [4.78, 5) is 25.3. The van der Waals surface area contributed by atoms with Gasteiger partial charge in [-0.25, -0.2) is 4.39 Å². The van der Waals surface area contributed by atoms with Gasteiger partial charge in [-0.3, -0.25) is 14.5 Å². The van der Waals surface area contributed by atoms with Crippen LogP contribution in [-0.4, -0.2) is 36.9 Å². The van der Waals surface area contributed by atoms with Crippen LogP contribution in [0.3, 0.4) is 0 Å². The number of rotatable bonds is 6. The van der Waals surface area contributed by atoms with E-state index in [0.29, 0.717) is 5.69 Å². The maximum absolute atomic E-state index is 13.4. The number of para-hydroxylation sites is 2. The quantitative estimate of drug-likeness (QED) is 0.860. The fourth-order valence-electron chi connectivity index (χ4n) is 2.02. The maximum atomic E-state index is 13.4. The Morgan fingerprint density at radius 3 is 2.13 bits per heavy atom. The van der Waals surface area contributed by atoms with Crippen LogP contribution in [0.2, 0.25) is 0 Å². The number of hydrogen-bond acceptors (Lipinski definition) is 3. The van der Waals surface area contributed by atoms with E-state index in [1.807, 2.05) is 18.2 Å². The normalized spacial score (nSPS) is 10.4. The van der Waals surface area contributed by atoms with Crippen molar-refractivity contribution in [3.8, 4) is 0 Å². The number of benzene rings is 2. The molecule has 0 aliphatic carbocycles. The molecule has 23 heavy (non-hydrogen) atoms. The summed E-state index contributed by atoms with van der Waals surface area (Å²) in [5.41, 5.74) is 0.821. The molecular weight excluding hydrogens is 297 g/mol. The third-order valence-corrected chi connectivity index (χ3v) is 3.03. The smallest absolute Gasteiger partial charge is 0.238 e. The first-order chi connectivity index (χ1) is 11.0. The Morgan fingerprint density at radius 1 is 0.913 bits per heavy atom. The molecule has 0 heterocycles. The minimum Gasteiger partial charge on any atom is -0.325 e. The second-order valence-electron chi connectivity index (χ2n) is 5.11. The summed E-state index contributed by atoms with van der Waals surface area (Å²) in [6.07, 6.45) is 0. The summed E-state index contributed by atoms with van der Waals surface area (Å²) in [5.74, 6) is -1.10. The van der Waals surface area contributed by atoms with Crippen molar-refractivity contribution in [3.63, 3.8) is 0 Å². The average Bonchev–Trinajstić information content (AvgIpc) is 2.50. The van der Waals surface area contributed by atoms with E-state index in [1.165, 1.54) is 12.1 Å². The van der Waals surface area contributed by atoms with Crippen LogP contribution in [0, 0.1) is 5.82 Å². The van der Waals surface area contributed by atoms with E-state index in [4.69, 9.17) is 0 Å². The lowest BCUT2D eigenvalue weighted by molar-refractivity contribution is -0.119. The van der Waals surface area contributed by atoms with Crippen LogP contribution in [0.5, 0.6) is 0 Å². The molecule has 0 aliphatic heterocycles. The Balaban J connectivity index is 1.80. The van der Waals surface area contributed by atoms with Gasteiger partial charge in [-0.05, 0) is 31.3 Å². The zero-order chi connectivity index (χ0) is 16.7. The summed E-state index contributed by atoms with van der Waals surface area (Å²) in [6, 6.07) is 15.0. The first-order valence-electron chi connectivity index (χ1n) is 7.12. The van der Waals surface area contributed by atoms with Gasteiger partial charge in [-0.2, -0.15) is 0 Å². The molecule has 2 amide bonds. The van der Waals surface area contributed by atoms with Gasteiger partial charge in [0.15, 0.2) is 0 Å². The van der Waals surface area contributed by atoms with Crippen molar-refractivity contribution < 1.29 is 14.0 Å². The molecule has 0 atom stereocenters. The molecule has 6 heteroatoms. The van der Waals surface area contributed by atoms with Gasteiger partial charge < -0.3 is 10.6 Å². The van der Waals surface area contributed by atoms with E-state index in [1.54, 1.807) is 36.2 Å². The molecule has 120 valence electrons. The number of anilines is 2. The number of hydrogen-bond donors (Lipinski definition) is 2. The van der Waals surface area contributed by atoms with Crippen LogP contribution in [0.4, 0.5) is 15.8 Å². The van der Waals surface area contributed by atoms with Gasteiger partial charge in [0.2, 0.25) is 11.8 Å². The number of likely N-dealkylation sites (N-methyl/N-ethyl adjacent to an activating group) is 1. The summed E-state index contributed by atoms with van der Waals surface area (Å²) >= 11 is 0. The SMILES string of the molecule is CN(CC(=O)Nc1ccccc1)CC(=O)Nc1ccccc1F. The second-order valence-corrected chi connectivity index (χ2v) is 5.11. The van der Waals surface area contributed by atoms with Crippen LogP contribution in [0.15, 0.2) is 54.6 Å². The van der Waals surface area contributed by atoms with E-state index in [-0.39, 0.29) is 30.6 Å². The molecule has 0 saturated carbocycles. The van der Waals surface area contributed by atoms with Crippen molar-refractivity contribution in [1.82, 2.24) is 4.90 Å². The highest BCUT2D eigenvalue weighted by Gasteiger charge is 2.12. The van der Waals surface area contributed by atoms with Gasteiger partial charge in [0.05, 0.1) is 18.8 Å². The van der Waals surface area contributed by atoms with Crippen LogP contribution in [0.25, 0.3) is 0 Å². The lowest BCUT2D eigenvalue weighted by Gasteiger charge is -2.16. The number of carbonyl (C=O) groups is 2. The average molecular weight is 315 g/mol. The number of halogens is 1.